The number of hydrogen-bond donors (Lipinski definition) is 6. The van der Waals surface area contributed by atoms with Gasteiger partial charge in [-0.2, -0.15) is 0 Å². The molecule has 0 radical (unpaired) electrons. The normalized spacial score (nSPS) is 10.4. The van der Waals surface area contributed by atoms with Crippen molar-refractivity contribution in [2.24, 2.45) is 0 Å². The van der Waals surface area contributed by atoms with Crippen molar-refractivity contribution in [3.63, 3.8) is 0 Å². The predicted molar refractivity (Wildman–Crippen MR) is 133 cm³/mol. The monoisotopic (exact) mass is 458 g/mol. The third-order valence-electron chi connectivity index (χ3n) is 4.37. The van der Waals surface area contributed by atoms with E-state index in [1.807, 2.05) is 26.8 Å². The van der Waals surface area contributed by atoms with Crippen LogP contribution >= 0.6 is 11.6 Å². The summed E-state index contributed by atoms with van der Waals surface area (Å²) in [7, 11) is 0. The Hall–Kier alpha value is -3.33. The van der Waals surface area contributed by atoms with E-state index in [0.717, 1.165) is 24.1 Å². The fourth-order valence-electron chi connectivity index (χ4n) is 2.97. The second kappa shape index (κ2) is 11.9. The second-order valence-electron chi connectivity index (χ2n) is 7.46. The fraction of sp³-hybridized carbons (Fsp3) is 0.364. The van der Waals surface area contributed by atoms with Crippen LogP contribution in [0, 0.1) is 5.41 Å². The maximum atomic E-state index is 12.4. The van der Waals surface area contributed by atoms with Crippen LogP contribution in [0.1, 0.15) is 51.2 Å². The fourth-order valence-corrected chi connectivity index (χ4v) is 3.18. The Kier molecular flexibility index (Phi) is 9.27. The van der Waals surface area contributed by atoms with Crippen LogP contribution in [0.4, 0.5) is 27.9 Å². The molecular formula is C22H31ClN8O. The molecule has 6 N–H and O–H groups in total. The van der Waals surface area contributed by atoms with Gasteiger partial charge in [-0.25, -0.2) is 14.8 Å². The van der Waals surface area contributed by atoms with Crippen LogP contribution in [-0.4, -0.2) is 34.8 Å². The van der Waals surface area contributed by atoms with Gasteiger partial charge in [0.2, 0.25) is 0 Å². The number of carbonyl (C=O) groups is 1. The molecule has 2 aromatic rings. The molecule has 2 rings (SSSR count). The van der Waals surface area contributed by atoms with Gasteiger partial charge in [-0.15, -0.1) is 6.58 Å². The van der Waals surface area contributed by atoms with Gasteiger partial charge in [-0.05, 0) is 37.0 Å². The molecule has 0 bridgehead atoms. The number of hydrazine groups is 1. The van der Waals surface area contributed by atoms with E-state index in [1.165, 1.54) is 0 Å². The number of nitrogens with zero attached hydrogens (tertiary/aromatic N) is 2. The first-order valence-corrected chi connectivity index (χ1v) is 10.8. The SMILES string of the molecule is C=CCNc1nc(NNC(=O)Nc2cc(Cl)nc(NCCC)c2)cc(C(C)C)c1C(C)=N. The molecule has 0 unspecified atom stereocenters. The van der Waals surface area contributed by atoms with E-state index < -0.39 is 6.03 Å². The summed E-state index contributed by atoms with van der Waals surface area (Å²) in [5, 5.41) is 17.5. The summed E-state index contributed by atoms with van der Waals surface area (Å²) in [4.78, 5) is 21.1. The van der Waals surface area contributed by atoms with E-state index in [2.05, 4.69) is 43.3 Å². The quantitative estimate of drug-likeness (QED) is 0.119. The maximum Gasteiger partial charge on any atom is 0.337 e. The summed E-state index contributed by atoms with van der Waals surface area (Å²) in [5.41, 5.74) is 8.01. The minimum absolute atomic E-state index is 0.153. The largest absolute Gasteiger partial charge is 0.370 e. The smallest absolute Gasteiger partial charge is 0.337 e. The van der Waals surface area contributed by atoms with Crippen LogP contribution in [0.2, 0.25) is 5.15 Å². The topological polar surface area (TPSA) is 127 Å². The minimum atomic E-state index is -0.491. The number of amides is 2. The highest BCUT2D eigenvalue weighted by Crippen LogP contribution is 2.28. The molecule has 32 heavy (non-hydrogen) atoms. The molecule has 2 heterocycles. The first-order chi connectivity index (χ1) is 15.2. The molecule has 0 aliphatic carbocycles. The molecule has 0 atom stereocenters. The molecule has 172 valence electrons. The molecule has 0 aliphatic rings. The van der Waals surface area contributed by atoms with Gasteiger partial charge < -0.3 is 21.4 Å². The van der Waals surface area contributed by atoms with Gasteiger partial charge in [-0.3, -0.25) is 10.9 Å². The Morgan fingerprint density at radius 2 is 1.97 bits per heavy atom. The summed E-state index contributed by atoms with van der Waals surface area (Å²) in [6.45, 7) is 12.8. The van der Waals surface area contributed by atoms with E-state index in [-0.39, 0.29) is 11.1 Å². The first-order valence-electron chi connectivity index (χ1n) is 10.4. The third kappa shape index (κ3) is 7.12. The Bertz CT molecular complexity index is 977. The van der Waals surface area contributed by atoms with Crippen LogP contribution in [0.25, 0.3) is 0 Å². The number of carbonyl (C=O) groups excluding carboxylic acids is 1. The van der Waals surface area contributed by atoms with E-state index in [9.17, 15) is 4.79 Å². The van der Waals surface area contributed by atoms with Crippen molar-refractivity contribution in [2.45, 2.75) is 40.0 Å². The minimum Gasteiger partial charge on any atom is -0.370 e. The zero-order valence-electron chi connectivity index (χ0n) is 18.9. The molecule has 0 fully saturated rings. The highest BCUT2D eigenvalue weighted by atomic mass is 35.5. The highest BCUT2D eigenvalue weighted by Gasteiger charge is 2.17. The van der Waals surface area contributed by atoms with Crippen molar-refractivity contribution >= 4 is 46.5 Å². The van der Waals surface area contributed by atoms with Gasteiger partial charge in [0, 0.05) is 36.1 Å². The summed E-state index contributed by atoms with van der Waals surface area (Å²) in [6, 6.07) is 4.60. The molecule has 2 amide bonds. The van der Waals surface area contributed by atoms with Crippen LogP contribution in [0.5, 0.6) is 0 Å². The molecule has 0 aromatic carbocycles. The summed E-state index contributed by atoms with van der Waals surface area (Å²) in [6.07, 6.45) is 2.65. The summed E-state index contributed by atoms with van der Waals surface area (Å²) >= 11 is 6.05. The number of anilines is 4. The van der Waals surface area contributed by atoms with Crippen molar-refractivity contribution in [3.05, 3.63) is 47.1 Å². The predicted octanol–water partition coefficient (Wildman–Crippen LogP) is 5.21. The molecule has 0 spiro atoms. The van der Waals surface area contributed by atoms with Crippen molar-refractivity contribution < 1.29 is 4.79 Å². The molecule has 9 nitrogen and oxygen atoms in total. The van der Waals surface area contributed by atoms with Crippen LogP contribution in [0.15, 0.2) is 30.9 Å². The van der Waals surface area contributed by atoms with Gasteiger partial charge in [0.25, 0.3) is 0 Å². The number of hydrogen-bond acceptors (Lipinski definition) is 7. The molecule has 0 saturated carbocycles. The molecular weight excluding hydrogens is 428 g/mol. The molecule has 0 aliphatic heterocycles. The van der Waals surface area contributed by atoms with Crippen molar-refractivity contribution in [1.82, 2.24) is 15.4 Å². The van der Waals surface area contributed by atoms with E-state index >= 15 is 0 Å². The van der Waals surface area contributed by atoms with Crippen LogP contribution in [-0.2, 0) is 0 Å². The Labute approximate surface area is 193 Å². The van der Waals surface area contributed by atoms with E-state index in [1.54, 1.807) is 25.1 Å². The average molecular weight is 459 g/mol. The van der Waals surface area contributed by atoms with Crippen molar-refractivity contribution in [1.29, 1.82) is 5.41 Å². The molecule has 2 aromatic heterocycles. The van der Waals surface area contributed by atoms with Gasteiger partial charge in [0.05, 0.1) is 0 Å². The number of halogens is 1. The Morgan fingerprint density at radius 1 is 1.22 bits per heavy atom. The number of urea groups is 1. The van der Waals surface area contributed by atoms with Gasteiger partial charge in [-0.1, -0.05) is 38.4 Å². The molecule has 10 heteroatoms. The number of aromatic nitrogens is 2. The van der Waals surface area contributed by atoms with Crippen LogP contribution in [0.3, 0.4) is 0 Å². The number of pyridine rings is 2. The van der Waals surface area contributed by atoms with E-state index in [0.29, 0.717) is 35.4 Å². The summed E-state index contributed by atoms with van der Waals surface area (Å²) in [5.74, 6) is 1.74. The third-order valence-corrected chi connectivity index (χ3v) is 4.57. The Balaban J connectivity index is 2.16. The lowest BCUT2D eigenvalue weighted by molar-refractivity contribution is 0.254. The first kappa shape index (κ1) is 24.9. The highest BCUT2D eigenvalue weighted by molar-refractivity contribution is 6.29. The lowest BCUT2D eigenvalue weighted by Crippen LogP contribution is -2.34. The maximum absolute atomic E-state index is 12.4. The average Bonchev–Trinajstić information content (AvgIpc) is 2.73. The van der Waals surface area contributed by atoms with Gasteiger partial charge in [0.1, 0.15) is 22.6 Å². The van der Waals surface area contributed by atoms with Gasteiger partial charge in [0.15, 0.2) is 0 Å². The van der Waals surface area contributed by atoms with Crippen molar-refractivity contribution in [2.75, 3.05) is 34.5 Å². The zero-order chi connectivity index (χ0) is 23.7. The number of nitrogens with one attached hydrogen (secondary N) is 6. The van der Waals surface area contributed by atoms with Crippen LogP contribution < -0.4 is 26.8 Å². The molecule has 0 saturated heterocycles. The summed E-state index contributed by atoms with van der Waals surface area (Å²) < 4.78 is 0. The van der Waals surface area contributed by atoms with E-state index in [4.69, 9.17) is 17.0 Å². The Morgan fingerprint density at radius 3 is 2.59 bits per heavy atom. The zero-order valence-corrected chi connectivity index (χ0v) is 19.7. The second-order valence-corrected chi connectivity index (χ2v) is 7.85. The lowest BCUT2D eigenvalue weighted by atomic mass is 9.95. The number of rotatable bonds is 11. The van der Waals surface area contributed by atoms with Gasteiger partial charge >= 0.3 is 6.03 Å². The lowest BCUT2D eigenvalue weighted by Gasteiger charge is -2.19. The van der Waals surface area contributed by atoms with Crippen molar-refractivity contribution in [3.8, 4) is 0 Å². The standard InChI is InChI=1S/C22H31ClN8O/c1-6-8-25-18-11-15(10-17(23)28-18)27-22(32)31-30-19-12-16(13(3)4)20(14(5)24)21(29-19)26-9-7-2/h7,10-13,24H,2,6,8-9H2,1,3-5H3,(H2,26,29,30)(H3,25,27,28,31,32).